The van der Waals surface area contributed by atoms with Gasteiger partial charge in [0.05, 0.1) is 0 Å². The molecule has 1 nitrogen and oxygen atoms in total. The fourth-order valence-electron chi connectivity index (χ4n) is 3.70. The third kappa shape index (κ3) is 0.903. The van der Waals surface area contributed by atoms with Gasteiger partial charge in [0, 0.05) is 17.5 Å². The lowest BCUT2D eigenvalue weighted by atomic mass is 9.86. The quantitative estimate of drug-likeness (QED) is 0.603. The highest BCUT2D eigenvalue weighted by Crippen LogP contribution is 2.62. The second-order valence-corrected chi connectivity index (χ2v) is 5.31. The Kier molecular flexibility index (Phi) is 1.44. The van der Waals surface area contributed by atoms with Gasteiger partial charge >= 0.3 is 0 Å². The highest BCUT2D eigenvalue weighted by atomic mass is 19.1. The molecule has 0 unspecified atom stereocenters. The topological polar surface area (TPSA) is 3.24 Å². The van der Waals surface area contributed by atoms with Crippen LogP contribution in [0, 0.1) is 5.41 Å². The molecule has 0 amide bonds. The molecule has 2 saturated heterocycles. The van der Waals surface area contributed by atoms with Crippen molar-refractivity contribution in [1.82, 2.24) is 4.90 Å². The van der Waals surface area contributed by atoms with E-state index in [4.69, 9.17) is 0 Å². The molecule has 0 aromatic carbocycles. The average molecular weight is 183 g/mol. The van der Waals surface area contributed by atoms with E-state index in [1.807, 2.05) is 0 Å². The van der Waals surface area contributed by atoms with Crippen molar-refractivity contribution in [2.45, 2.75) is 50.7 Å². The smallest absolute Gasteiger partial charge is 0.108 e. The molecule has 3 aliphatic rings. The average Bonchev–Trinajstić information content (AvgIpc) is 2.43. The Balaban J connectivity index is 1.86. The first kappa shape index (κ1) is 8.22. The fourth-order valence-corrected chi connectivity index (χ4v) is 3.70. The van der Waals surface area contributed by atoms with Crippen LogP contribution in [0.3, 0.4) is 0 Å². The first-order valence-corrected chi connectivity index (χ1v) is 5.60. The van der Waals surface area contributed by atoms with Gasteiger partial charge in [-0.25, -0.2) is 4.39 Å². The lowest BCUT2D eigenvalue weighted by Gasteiger charge is -2.30. The number of hydrogen-bond acceptors (Lipinski definition) is 1. The van der Waals surface area contributed by atoms with Crippen LogP contribution >= 0.6 is 0 Å². The van der Waals surface area contributed by atoms with E-state index < -0.39 is 6.17 Å². The normalized spacial score (nSPS) is 54.5. The second kappa shape index (κ2) is 2.28. The van der Waals surface area contributed by atoms with Crippen LogP contribution in [0.2, 0.25) is 0 Å². The van der Waals surface area contributed by atoms with Gasteiger partial charge in [-0.2, -0.15) is 0 Å². The molecular weight excluding hydrogens is 165 g/mol. The van der Waals surface area contributed by atoms with Gasteiger partial charge in [-0.3, -0.25) is 4.90 Å². The molecule has 0 bridgehead atoms. The van der Waals surface area contributed by atoms with Crippen molar-refractivity contribution in [2.75, 3.05) is 13.1 Å². The molecule has 0 aromatic rings. The largest absolute Gasteiger partial charge is 0.297 e. The minimum Gasteiger partial charge on any atom is -0.297 e. The summed E-state index contributed by atoms with van der Waals surface area (Å²) in [6, 6.07) is 0. The molecule has 0 N–H and O–H groups in total. The number of rotatable bonds is 1. The monoisotopic (exact) mass is 183 g/mol. The highest BCUT2D eigenvalue weighted by molar-refractivity contribution is 5.18. The molecule has 74 valence electrons. The van der Waals surface area contributed by atoms with E-state index in [0.717, 1.165) is 19.4 Å². The Morgan fingerprint density at radius 3 is 2.85 bits per heavy atom. The molecule has 0 aromatic heterocycles. The maximum Gasteiger partial charge on any atom is 0.108 e. The molecular formula is C11H18FN. The predicted octanol–water partition coefficient (Wildman–Crippen LogP) is 2.36. The van der Waals surface area contributed by atoms with E-state index in [0.29, 0.717) is 5.54 Å². The van der Waals surface area contributed by atoms with Crippen molar-refractivity contribution in [3.63, 3.8) is 0 Å². The van der Waals surface area contributed by atoms with Gasteiger partial charge < -0.3 is 0 Å². The number of nitrogens with zero attached hydrogens (tertiary/aromatic N) is 1. The van der Waals surface area contributed by atoms with Crippen molar-refractivity contribution in [3.8, 4) is 0 Å². The summed E-state index contributed by atoms with van der Waals surface area (Å²) >= 11 is 0. The highest BCUT2D eigenvalue weighted by Gasteiger charge is 2.65. The van der Waals surface area contributed by atoms with Crippen LogP contribution < -0.4 is 0 Å². The van der Waals surface area contributed by atoms with Crippen LogP contribution in [0.15, 0.2) is 0 Å². The van der Waals surface area contributed by atoms with Crippen LogP contribution in [0.4, 0.5) is 4.39 Å². The predicted molar refractivity (Wildman–Crippen MR) is 50.4 cm³/mol. The molecule has 2 heteroatoms. The van der Waals surface area contributed by atoms with Crippen LogP contribution in [0.5, 0.6) is 0 Å². The summed E-state index contributed by atoms with van der Waals surface area (Å²) in [5.74, 6) is 0. The van der Waals surface area contributed by atoms with Crippen LogP contribution in [-0.4, -0.2) is 29.7 Å². The molecule has 0 radical (unpaired) electrons. The lowest BCUT2D eigenvalue weighted by molar-refractivity contribution is 0.189. The summed E-state index contributed by atoms with van der Waals surface area (Å²) in [4.78, 5) is 2.58. The summed E-state index contributed by atoms with van der Waals surface area (Å²) in [7, 11) is 0. The van der Waals surface area contributed by atoms with Gasteiger partial charge in [0.15, 0.2) is 0 Å². The van der Waals surface area contributed by atoms with E-state index in [1.54, 1.807) is 0 Å². The molecule has 2 aliphatic heterocycles. The van der Waals surface area contributed by atoms with E-state index in [9.17, 15) is 4.39 Å². The summed E-state index contributed by atoms with van der Waals surface area (Å²) in [6.45, 7) is 4.55. The first-order valence-electron chi connectivity index (χ1n) is 5.60. The third-order valence-electron chi connectivity index (χ3n) is 4.68. The summed E-state index contributed by atoms with van der Waals surface area (Å²) < 4.78 is 13.3. The molecule has 1 spiro atoms. The van der Waals surface area contributed by atoms with Crippen LogP contribution in [0.25, 0.3) is 0 Å². The molecule has 13 heavy (non-hydrogen) atoms. The maximum absolute atomic E-state index is 13.3. The van der Waals surface area contributed by atoms with Crippen molar-refractivity contribution >= 4 is 0 Å². The molecule has 1 aliphatic carbocycles. The number of fused-ring (bicyclic) bond motifs is 1. The van der Waals surface area contributed by atoms with Gasteiger partial charge in [0.1, 0.15) is 6.17 Å². The SMILES string of the molecule is CC[C@@]12CCCN1C[C@@]1(C[C@H]1F)C2. The molecule has 3 rings (SSSR count). The van der Waals surface area contributed by atoms with Crippen molar-refractivity contribution in [3.05, 3.63) is 0 Å². The van der Waals surface area contributed by atoms with E-state index in [1.165, 1.54) is 25.8 Å². The zero-order valence-corrected chi connectivity index (χ0v) is 8.35. The van der Waals surface area contributed by atoms with E-state index in [-0.39, 0.29) is 5.41 Å². The van der Waals surface area contributed by atoms with Crippen molar-refractivity contribution < 1.29 is 4.39 Å². The zero-order valence-electron chi connectivity index (χ0n) is 8.35. The van der Waals surface area contributed by atoms with Gasteiger partial charge in [-0.1, -0.05) is 6.92 Å². The molecule has 3 fully saturated rings. The number of halogens is 1. The zero-order chi connectivity index (χ0) is 9.10. The maximum atomic E-state index is 13.3. The summed E-state index contributed by atoms with van der Waals surface area (Å²) in [5, 5.41) is 0. The minimum atomic E-state index is -0.471. The van der Waals surface area contributed by atoms with E-state index in [2.05, 4.69) is 11.8 Å². The summed E-state index contributed by atoms with van der Waals surface area (Å²) in [6.07, 6.45) is 5.41. The molecule has 3 atom stereocenters. The first-order chi connectivity index (χ1) is 6.21. The van der Waals surface area contributed by atoms with Crippen molar-refractivity contribution in [1.29, 1.82) is 0 Å². The van der Waals surface area contributed by atoms with Gasteiger partial charge in [0.2, 0.25) is 0 Å². The Morgan fingerprint density at radius 1 is 1.54 bits per heavy atom. The van der Waals surface area contributed by atoms with Gasteiger partial charge in [0.25, 0.3) is 0 Å². The minimum absolute atomic E-state index is 0.121. The Morgan fingerprint density at radius 2 is 2.31 bits per heavy atom. The molecule has 2 heterocycles. The summed E-state index contributed by atoms with van der Waals surface area (Å²) in [5.41, 5.74) is 0.539. The Hall–Kier alpha value is -0.110. The number of hydrogen-bond donors (Lipinski definition) is 0. The lowest BCUT2D eigenvalue weighted by Crippen LogP contribution is -2.37. The van der Waals surface area contributed by atoms with E-state index >= 15 is 0 Å². The van der Waals surface area contributed by atoms with Gasteiger partial charge in [-0.15, -0.1) is 0 Å². The van der Waals surface area contributed by atoms with Crippen molar-refractivity contribution in [2.24, 2.45) is 5.41 Å². The van der Waals surface area contributed by atoms with Crippen LogP contribution in [0.1, 0.15) is 39.0 Å². The molecule has 1 saturated carbocycles. The Bertz CT molecular complexity index is 242. The van der Waals surface area contributed by atoms with Gasteiger partial charge in [-0.05, 0) is 38.6 Å². The Labute approximate surface area is 79.3 Å². The third-order valence-corrected chi connectivity index (χ3v) is 4.68. The second-order valence-electron chi connectivity index (χ2n) is 5.31. The van der Waals surface area contributed by atoms with Crippen LogP contribution in [-0.2, 0) is 0 Å². The number of alkyl halides is 1. The fraction of sp³-hybridized carbons (Fsp3) is 1.00. The standard InChI is InChI=1S/C11H18FN/c1-2-11-4-3-5-13(11)8-10(7-11)6-9(10)12/h9H,2-8H2,1H3/t9-,10-,11+/m1/s1.